The van der Waals surface area contributed by atoms with Gasteiger partial charge in [0.1, 0.15) is 0 Å². The van der Waals surface area contributed by atoms with Gasteiger partial charge in [-0.05, 0) is 42.8 Å². The Morgan fingerprint density at radius 1 is 1.12 bits per heavy atom. The van der Waals surface area contributed by atoms with Crippen LogP contribution in [0, 0.1) is 6.92 Å². The van der Waals surface area contributed by atoms with Crippen LogP contribution in [0.25, 0.3) is 0 Å². The van der Waals surface area contributed by atoms with Crippen LogP contribution in [-0.2, 0) is 10.0 Å². The van der Waals surface area contributed by atoms with Crippen molar-refractivity contribution in [2.24, 2.45) is 4.99 Å². The molecule has 1 aliphatic heterocycles. The molecule has 6 nitrogen and oxygen atoms in total. The van der Waals surface area contributed by atoms with Gasteiger partial charge >= 0.3 is 0 Å². The molecule has 0 spiro atoms. The second kappa shape index (κ2) is 7.02. The van der Waals surface area contributed by atoms with Crippen molar-refractivity contribution in [1.82, 2.24) is 4.72 Å². The zero-order chi connectivity index (χ0) is 17.0. The largest absolute Gasteiger partial charge is 0.454 e. The van der Waals surface area contributed by atoms with E-state index in [2.05, 4.69) is 9.71 Å². The number of hydrogen-bond acceptors (Lipinski definition) is 5. The first-order valence-electron chi connectivity index (χ1n) is 7.50. The van der Waals surface area contributed by atoms with Gasteiger partial charge in [-0.15, -0.1) is 0 Å². The molecule has 0 amide bonds. The van der Waals surface area contributed by atoms with E-state index in [0.29, 0.717) is 12.3 Å². The first-order valence-corrected chi connectivity index (χ1v) is 8.99. The van der Waals surface area contributed by atoms with E-state index < -0.39 is 10.0 Å². The van der Waals surface area contributed by atoms with Gasteiger partial charge in [-0.25, -0.2) is 13.1 Å². The molecule has 126 valence electrons. The van der Waals surface area contributed by atoms with E-state index in [9.17, 15) is 8.42 Å². The normalized spacial score (nSPS) is 13.5. The van der Waals surface area contributed by atoms with Crippen molar-refractivity contribution in [1.29, 1.82) is 0 Å². The van der Waals surface area contributed by atoms with E-state index in [0.717, 1.165) is 16.9 Å². The van der Waals surface area contributed by atoms with Gasteiger partial charge in [-0.2, -0.15) is 0 Å². The lowest BCUT2D eigenvalue weighted by molar-refractivity contribution is 0.174. The van der Waals surface area contributed by atoms with Gasteiger partial charge in [0.2, 0.25) is 16.8 Å². The molecule has 2 aromatic carbocycles. The molecule has 0 bridgehead atoms. The predicted molar refractivity (Wildman–Crippen MR) is 91.4 cm³/mol. The molecule has 0 fully saturated rings. The van der Waals surface area contributed by atoms with E-state index in [1.54, 1.807) is 30.5 Å². The number of ether oxygens (including phenoxy) is 2. The number of hydrogen-bond donors (Lipinski definition) is 1. The summed E-state index contributed by atoms with van der Waals surface area (Å²) in [6, 6.07) is 12.2. The van der Waals surface area contributed by atoms with Crippen LogP contribution in [-0.4, -0.2) is 34.5 Å². The third-order valence-corrected chi connectivity index (χ3v) is 4.98. The number of nitrogens with one attached hydrogen (secondary N) is 1. The summed E-state index contributed by atoms with van der Waals surface area (Å²) in [5, 5.41) is 0. The minimum absolute atomic E-state index is 0.233. The van der Waals surface area contributed by atoms with Crippen molar-refractivity contribution in [3.05, 3.63) is 53.6 Å². The van der Waals surface area contributed by atoms with Gasteiger partial charge in [0, 0.05) is 12.8 Å². The summed E-state index contributed by atoms with van der Waals surface area (Å²) in [6.07, 6.45) is 1.68. The van der Waals surface area contributed by atoms with Crippen molar-refractivity contribution < 1.29 is 17.9 Å². The van der Waals surface area contributed by atoms with Crippen LogP contribution in [0.15, 0.2) is 52.4 Å². The second-order valence-corrected chi connectivity index (χ2v) is 7.13. The minimum atomic E-state index is -3.49. The van der Waals surface area contributed by atoms with Crippen molar-refractivity contribution in [3.63, 3.8) is 0 Å². The highest BCUT2D eigenvalue weighted by atomic mass is 32.2. The van der Waals surface area contributed by atoms with Gasteiger partial charge in [0.05, 0.1) is 11.4 Å². The van der Waals surface area contributed by atoms with Crippen LogP contribution in [0.5, 0.6) is 11.5 Å². The summed E-state index contributed by atoms with van der Waals surface area (Å²) in [4.78, 5) is 4.49. The number of fused-ring (bicyclic) bond motifs is 1. The fraction of sp³-hybridized carbons (Fsp3) is 0.235. The molecule has 0 atom stereocenters. The van der Waals surface area contributed by atoms with E-state index in [1.807, 2.05) is 25.1 Å². The maximum atomic E-state index is 12.1. The number of aryl methyl sites for hydroxylation is 1. The Labute approximate surface area is 141 Å². The fourth-order valence-corrected chi connectivity index (χ4v) is 3.23. The Balaban J connectivity index is 1.52. The van der Waals surface area contributed by atoms with Gasteiger partial charge in [-0.3, -0.25) is 4.99 Å². The Hall–Kier alpha value is -2.38. The topological polar surface area (TPSA) is 77.0 Å². The molecule has 0 radical (unpaired) electrons. The maximum Gasteiger partial charge on any atom is 0.240 e. The second-order valence-electron chi connectivity index (χ2n) is 5.36. The maximum absolute atomic E-state index is 12.1. The van der Waals surface area contributed by atoms with Crippen LogP contribution in [0.4, 0.5) is 0 Å². The molecular formula is C17H18N2O4S. The molecule has 1 N–H and O–H groups in total. The molecule has 24 heavy (non-hydrogen) atoms. The average Bonchev–Trinajstić information content (AvgIpc) is 3.02. The highest BCUT2D eigenvalue weighted by Gasteiger charge is 2.13. The minimum Gasteiger partial charge on any atom is -0.454 e. The highest BCUT2D eigenvalue weighted by molar-refractivity contribution is 7.89. The van der Waals surface area contributed by atoms with Gasteiger partial charge in [0.25, 0.3) is 0 Å². The Kier molecular flexibility index (Phi) is 4.82. The molecule has 0 aliphatic carbocycles. The fourth-order valence-electron chi connectivity index (χ4n) is 2.21. The van der Waals surface area contributed by atoms with Gasteiger partial charge < -0.3 is 9.47 Å². The molecule has 2 aromatic rings. The molecular weight excluding hydrogens is 328 g/mol. The van der Waals surface area contributed by atoms with E-state index in [-0.39, 0.29) is 18.2 Å². The first-order chi connectivity index (χ1) is 11.5. The lowest BCUT2D eigenvalue weighted by Gasteiger charge is -2.05. The van der Waals surface area contributed by atoms with Crippen LogP contribution in [0.2, 0.25) is 0 Å². The molecule has 3 rings (SSSR count). The summed E-state index contributed by atoms with van der Waals surface area (Å²) in [5.74, 6) is 1.41. The molecule has 0 saturated heterocycles. The van der Waals surface area contributed by atoms with E-state index in [4.69, 9.17) is 9.47 Å². The smallest absolute Gasteiger partial charge is 0.240 e. The zero-order valence-corrected chi connectivity index (χ0v) is 14.0. The molecule has 0 saturated carbocycles. The average molecular weight is 346 g/mol. The number of sulfonamides is 1. The molecule has 0 unspecified atom stereocenters. The van der Waals surface area contributed by atoms with Gasteiger partial charge in [0.15, 0.2) is 11.5 Å². The molecule has 1 heterocycles. The lowest BCUT2D eigenvalue weighted by Crippen LogP contribution is -2.26. The van der Waals surface area contributed by atoms with Crippen molar-refractivity contribution in [2.75, 3.05) is 19.9 Å². The highest BCUT2D eigenvalue weighted by Crippen LogP contribution is 2.31. The first kappa shape index (κ1) is 16.5. The third-order valence-electron chi connectivity index (χ3n) is 3.50. The number of nitrogens with zero attached hydrogens (tertiary/aromatic N) is 1. The van der Waals surface area contributed by atoms with Crippen LogP contribution >= 0.6 is 0 Å². The summed E-state index contributed by atoms with van der Waals surface area (Å²) < 4.78 is 37.3. The van der Waals surface area contributed by atoms with Crippen LogP contribution in [0.3, 0.4) is 0 Å². The Bertz CT molecular complexity index is 845. The SMILES string of the molecule is Cc1ccc(S(=O)(=O)NCCN=Cc2ccc3c(c2)OCO3)cc1. The van der Waals surface area contributed by atoms with Crippen LogP contribution in [0.1, 0.15) is 11.1 Å². The Morgan fingerprint density at radius 3 is 2.67 bits per heavy atom. The number of aliphatic imine (C=N–C) groups is 1. The van der Waals surface area contributed by atoms with Crippen molar-refractivity contribution in [2.45, 2.75) is 11.8 Å². The summed E-state index contributed by atoms with van der Waals surface area (Å²) >= 11 is 0. The molecule has 7 heteroatoms. The van der Waals surface area contributed by atoms with Crippen LogP contribution < -0.4 is 14.2 Å². The lowest BCUT2D eigenvalue weighted by atomic mass is 10.2. The summed E-state index contributed by atoms with van der Waals surface area (Å²) in [5.41, 5.74) is 1.89. The number of rotatable bonds is 6. The third kappa shape index (κ3) is 3.93. The molecule has 0 aromatic heterocycles. The quantitative estimate of drug-likeness (QED) is 0.642. The summed E-state index contributed by atoms with van der Waals surface area (Å²) in [7, 11) is -3.49. The predicted octanol–water partition coefficient (Wildman–Crippen LogP) is 2.12. The van der Waals surface area contributed by atoms with Gasteiger partial charge in [-0.1, -0.05) is 17.7 Å². The van der Waals surface area contributed by atoms with E-state index in [1.165, 1.54) is 0 Å². The van der Waals surface area contributed by atoms with E-state index >= 15 is 0 Å². The number of benzene rings is 2. The monoisotopic (exact) mass is 346 g/mol. The Morgan fingerprint density at radius 2 is 1.88 bits per heavy atom. The summed E-state index contributed by atoms with van der Waals surface area (Å²) in [6.45, 7) is 2.72. The molecule has 1 aliphatic rings. The van der Waals surface area contributed by atoms with Crippen molar-refractivity contribution in [3.8, 4) is 11.5 Å². The van der Waals surface area contributed by atoms with Crippen molar-refractivity contribution >= 4 is 16.2 Å². The zero-order valence-electron chi connectivity index (χ0n) is 13.2. The standard InChI is InChI=1S/C17H18N2O4S/c1-13-2-5-15(6-3-13)24(20,21)19-9-8-18-11-14-4-7-16-17(10-14)23-12-22-16/h2-7,10-11,19H,8-9,12H2,1H3.